The van der Waals surface area contributed by atoms with E-state index in [1.54, 1.807) is 5.70 Å². The lowest BCUT2D eigenvalue weighted by Crippen LogP contribution is -2.39. The lowest BCUT2D eigenvalue weighted by molar-refractivity contribution is 0.214. The van der Waals surface area contributed by atoms with Crippen LogP contribution >= 0.6 is 0 Å². The minimum atomic E-state index is 0.689. The van der Waals surface area contributed by atoms with Crippen molar-refractivity contribution in [3.63, 3.8) is 0 Å². The van der Waals surface area contributed by atoms with Gasteiger partial charge in [-0.2, -0.15) is 0 Å². The van der Waals surface area contributed by atoms with Crippen LogP contribution in [0.1, 0.15) is 19.3 Å². The number of rotatable bonds is 0. The minimum absolute atomic E-state index is 0.689. The Morgan fingerprint density at radius 2 is 2.07 bits per heavy atom. The van der Waals surface area contributed by atoms with E-state index >= 15 is 0 Å². The van der Waals surface area contributed by atoms with Gasteiger partial charge in [-0.1, -0.05) is 30.4 Å². The summed E-state index contributed by atoms with van der Waals surface area (Å²) in [6.07, 6.45) is 15.6. The van der Waals surface area contributed by atoms with Crippen molar-refractivity contribution < 1.29 is 0 Å². The summed E-state index contributed by atoms with van der Waals surface area (Å²) < 4.78 is 0. The van der Waals surface area contributed by atoms with Crippen LogP contribution in [0, 0.1) is 11.8 Å². The Bertz CT molecular complexity index is 311. The van der Waals surface area contributed by atoms with Crippen molar-refractivity contribution in [2.24, 2.45) is 11.8 Å². The molecule has 2 unspecified atom stereocenters. The van der Waals surface area contributed by atoms with Gasteiger partial charge >= 0.3 is 0 Å². The number of piperidine rings is 1. The fraction of sp³-hybridized carbons (Fsp3) is 0.538. The van der Waals surface area contributed by atoms with Crippen LogP contribution in [0.25, 0.3) is 0 Å². The van der Waals surface area contributed by atoms with E-state index in [0.717, 1.165) is 5.92 Å². The standard InChI is InChI=1S/C13H17N/c1-2-6-12-11(5-1)8-10-14-9-4-3-7-13(12)14/h1-2,5-7,11-12H,3-4,8-10H2. The van der Waals surface area contributed by atoms with E-state index in [4.69, 9.17) is 0 Å². The Balaban J connectivity index is 1.92. The molecule has 0 saturated carbocycles. The van der Waals surface area contributed by atoms with Gasteiger partial charge in [0.15, 0.2) is 0 Å². The second kappa shape index (κ2) is 3.30. The van der Waals surface area contributed by atoms with Crippen molar-refractivity contribution in [2.45, 2.75) is 19.3 Å². The van der Waals surface area contributed by atoms with Gasteiger partial charge < -0.3 is 4.90 Å². The SMILES string of the molecule is C1=CC2CCN3CCCC=C3C2C=C1. The summed E-state index contributed by atoms with van der Waals surface area (Å²) in [5, 5.41) is 0. The van der Waals surface area contributed by atoms with Gasteiger partial charge in [-0.05, 0) is 25.2 Å². The van der Waals surface area contributed by atoms with Gasteiger partial charge in [0, 0.05) is 24.7 Å². The molecule has 1 heteroatoms. The van der Waals surface area contributed by atoms with Crippen LogP contribution < -0.4 is 0 Å². The molecule has 74 valence electrons. The van der Waals surface area contributed by atoms with E-state index < -0.39 is 0 Å². The highest BCUT2D eigenvalue weighted by Crippen LogP contribution is 2.37. The largest absolute Gasteiger partial charge is 0.375 e. The van der Waals surface area contributed by atoms with Crippen LogP contribution in [-0.2, 0) is 0 Å². The first-order valence-electron chi connectivity index (χ1n) is 5.75. The van der Waals surface area contributed by atoms with Crippen molar-refractivity contribution in [3.8, 4) is 0 Å². The van der Waals surface area contributed by atoms with E-state index in [1.807, 2.05) is 0 Å². The highest BCUT2D eigenvalue weighted by atomic mass is 15.2. The molecule has 0 amide bonds. The molecule has 2 atom stereocenters. The van der Waals surface area contributed by atoms with Crippen molar-refractivity contribution in [1.82, 2.24) is 4.90 Å². The third-order valence-corrected chi connectivity index (χ3v) is 3.67. The topological polar surface area (TPSA) is 3.24 Å². The van der Waals surface area contributed by atoms with Gasteiger partial charge in [0.1, 0.15) is 0 Å². The zero-order valence-electron chi connectivity index (χ0n) is 8.52. The number of allylic oxidation sites excluding steroid dienone is 5. The number of hydrogen-bond acceptors (Lipinski definition) is 1. The number of nitrogens with zero attached hydrogens (tertiary/aromatic N) is 1. The number of fused-ring (bicyclic) bond motifs is 3. The Morgan fingerprint density at radius 1 is 1.14 bits per heavy atom. The fourth-order valence-corrected chi connectivity index (χ4v) is 2.93. The second-order valence-corrected chi connectivity index (χ2v) is 4.51. The van der Waals surface area contributed by atoms with Crippen LogP contribution in [-0.4, -0.2) is 18.0 Å². The van der Waals surface area contributed by atoms with E-state index in [1.165, 1.54) is 32.4 Å². The van der Waals surface area contributed by atoms with E-state index in [0.29, 0.717) is 5.92 Å². The summed E-state index contributed by atoms with van der Waals surface area (Å²) in [7, 11) is 0. The zero-order chi connectivity index (χ0) is 9.38. The molecule has 0 N–H and O–H groups in total. The van der Waals surface area contributed by atoms with Crippen molar-refractivity contribution in [3.05, 3.63) is 36.1 Å². The summed E-state index contributed by atoms with van der Waals surface area (Å²) in [4.78, 5) is 2.59. The van der Waals surface area contributed by atoms with Gasteiger partial charge in [0.05, 0.1) is 0 Å². The predicted molar refractivity (Wildman–Crippen MR) is 58.8 cm³/mol. The molecule has 1 aliphatic carbocycles. The lowest BCUT2D eigenvalue weighted by Gasteiger charge is -2.42. The molecule has 0 bridgehead atoms. The summed E-state index contributed by atoms with van der Waals surface area (Å²) >= 11 is 0. The van der Waals surface area contributed by atoms with Crippen LogP contribution in [0.2, 0.25) is 0 Å². The first-order valence-corrected chi connectivity index (χ1v) is 5.75. The molecule has 1 nitrogen and oxygen atoms in total. The third kappa shape index (κ3) is 1.23. The fourth-order valence-electron chi connectivity index (χ4n) is 2.93. The number of hydrogen-bond donors (Lipinski definition) is 0. The molecule has 1 saturated heterocycles. The van der Waals surface area contributed by atoms with Crippen LogP contribution in [0.15, 0.2) is 36.1 Å². The van der Waals surface area contributed by atoms with Gasteiger partial charge in [0.2, 0.25) is 0 Å². The zero-order valence-corrected chi connectivity index (χ0v) is 8.52. The molecule has 3 aliphatic rings. The first kappa shape index (κ1) is 8.34. The molecular weight excluding hydrogens is 170 g/mol. The highest BCUT2D eigenvalue weighted by molar-refractivity contribution is 5.26. The molecule has 2 aliphatic heterocycles. The van der Waals surface area contributed by atoms with E-state index in [-0.39, 0.29) is 0 Å². The summed E-state index contributed by atoms with van der Waals surface area (Å²) in [6.45, 7) is 2.55. The maximum Gasteiger partial charge on any atom is 0.0232 e. The highest BCUT2D eigenvalue weighted by Gasteiger charge is 2.31. The quantitative estimate of drug-likeness (QED) is 0.563. The Kier molecular flexibility index (Phi) is 1.97. The molecule has 1 fully saturated rings. The van der Waals surface area contributed by atoms with Crippen LogP contribution in [0.5, 0.6) is 0 Å². The summed E-state index contributed by atoms with van der Waals surface area (Å²) in [5.74, 6) is 1.47. The molecule has 0 aromatic heterocycles. The first-order chi connectivity index (χ1) is 6.95. The van der Waals surface area contributed by atoms with Crippen molar-refractivity contribution >= 4 is 0 Å². The predicted octanol–water partition coefficient (Wildman–Crippen LogP) is 2.73. The smallest absolute Gasteiger partial charge is 0.0232 e. The molecule has 0 radical (unpaired) electrons. The summed E-state index contributed by atoms with van der Waals surface area (Å²) in [6, 6.07) is 0. The van der Waals surface area contributed by atoms with E-state index in [2.05, 4.69) is 35.3 Å². The molecule has 0 aromatic rings. The lowest BCUT2D eigenvalue weighted by atomic mass is 9.79. The van der Waals surface area contributed by atoms with Gasteiger partial charge in [0.25, 0.3) is 0 Å². The maximum atomic E-state index is 2.59. The molecular formula is C13H17N. The molecule has 2 heterocycles. The van der Waals surface area contributed by atoms with Crippen molar-refractivity contribution in [1.29, 1.82) is 0 Å². The molecule has 0 aromatic carbocycles. The van der Waals surface area contributed by atoms with Crippen molar-refractivity contribution in [2.75, 3.05) is 13.1 Å². The maximum absolute atomic E-state index is 2.59. The Morgan fingerprint density at radius 3 is 3.07 bits per heavy atom. The van der Waals surface area contributed by atoms with E-state index in [9.17, 15) is 0 Å². The monoisotopic (exact) mass is 187 g/mol. The second-order valence-electron chi connectivity index (χ2n) is 4.51. The van der Waals surface area contributed by atoms with Gasteiger partial charge in [-0.15, -0.1) is 0 Å². The summed E-state index contributed by atoms with van der Waals surface area (Å²) in [5.41, 5.74) is 1.60. The van der Waals surface area contributed by atoms with Crippen LogP contribution in [0.4, 0.5) is 0 Å². The van der Waals surface area contributed by atoms with Gasteiger partial charge in [-0.3, -0.25) is 0 Å². The Hall–Kier alpha value is -0.980. The minimum Gasteiger partial charge on any atom is -0.375 e. The third-order valence-electron chi connectivity index (χ3n) is 3.67. The average Bonchev–Trinajstić information content (AvgIpc) is 2.29. The Labute approximate surface area is 85.8 Å². The normalized spacial score (nSPS) is 34.9. The average molecular weight is 187 g/mol. The molecule has 14 heavy (non-hydrogen) atoms. The molecule has 3 rings (SSSR count). The van der Waals surface area contributed by atoms with Crippen LogP contribution in [0.3, 0.4) is 0 Å². The molecule has 0 spiro atoms. The van der Waals surface area contributed by atoms with Gasteiger partial charge in [-0.25, -0.2) is 0 Å².